The van der Waals surface area contributed by atoms with E-state index in [4.69, 9.17) is 0 Å². The molecular weight excluding hydrogens is 419 g/mol. The molecule has 124 valence electrons. The van der Waals surface area contributed by atoms with Gasteiger partial charge in [-0.1, -0.05) is 24.3 Å². The van der Waals surface area contributed by atoms with E-state index in [1.54, 1.807) is 11.3 Å². The van der Waals surface area contributed by atoms with Crippen molar-refractivity contribution in [3.63, 3.8) is 0 Å². The SMILES string of the molecule is CN=C(NCCc1csc(C)n1)NCC1Cc2ccccc21.I. The minimum Gasteiger partial charge on any atom is -0.356 e. The van der Waals surface area contributed by atoms with Crippen LogP contribution in [0.15, 0.2) is 34.6 Å². The Hall–Kier alpha value is -1.15. The van der Waals surface area contributed by atoms with Gasteiger partial charge in [0.15, 0.2) is 5.96 Å². The molecule has 0 radical (unpaired) electrons. The molecule has 4 nitrogen and oxygen atoms in total. The molecule has 0 amide bonds. The van der Waals surface area contributed by atoms with E-state index in [0.29, 0.717) is 5.92 Å². The number of halogens is 1. The van der Waals surface area contributed by atoms with Gasteiger partial charge in [-0.3, -0.25) is 4.99 Å². The van der Waals surface area contributed by atoms with Crippen molar-refractivity contribution in [2.45, 2.75) is 25.7 Å². The first-order chi connectivity index (χ1) is 10.8. The second kappa shape index (κ2) is 8.63. The molecule has 0 bridgehead atoms. The van der Waals surface area contributed by atoms with Gasteiger partial charge in [0.25, 0.3) is 0 Å². The van der Waals surface area contributed by atoms with Gasteiger partial charge >= 0.3 is 0 Å². The number of fused-ring (bicyclic) bond motifs is 1. The third-order valence-corrected chi connectivity index (χ3v) is 4.86. The second-order valence-electron chi connectivity index (χ2n) is 5.59. The number of aromatic nitrogens is 1. The van der Waals surface area contributed by atoms with Crippen LogP contribution in [0, 0.1) is 6.92 Å². The number of aliphatic imine (C=N–C) groups is 1. The smallest absolute Gasteiger partial charge is 0.191 e. The number of hydrogen-bond donors (Lipinski definition) is 2. The summed E-state index contributed by atoms with van der Waals surface area (Å²) in [5, 5.41) is 10.0. The van der Waals surface area contributed by atoms with Gasteiger partial charge < -0.3 is 10.6 Å². The number of benzene rings is 1. The zero-order chi connectivity index (χ0) is 15.4. The largest absolute Gasteiger partial charge is 0.356 e. The van der Waals surface area contributed by atoms with Crippen LogP contribution in [0.2, 0.25) is 0 Å². The molecule has 23 heavy (non-hydrogen) atoms. The summed E-state index contributed by atoms with van der Waals surface area (Å²) in [6.07, 6.45) is 2.09. The predicted octanol–water partition coefficient (Wildman–Crippen LogP) is 3.12. The van der Waals surface area contributed by atoms with Crippen LogP contribution in [0.1, 0.15) is 27.7 Å². The lowest BCUT2D eigenvalue weighted by atomic mass is 9.78. The Balaban J connectivity index is 0.00000192. The van der Waals surface area contributed by atoms with Crippen molar-refractivity contribution in [1.82, 2.24) is 15.6 Å². The van der Waals surface area contributed by atoms with Crippen LogP contribution in [0.5, 0.6) is 0 Å². The highest BCUT2D eigenvalue weighted by molar-refractivity contribution is 14.0. The van der Waals surface area contributed by atoms with Crippen molar-refractivity contribution in [2.24, 2.45) is 4.99 Å². The molecule has 0 saturated heterocycles. The van der Waals surface area contributed by atoms with Crippen molar-refractivity contribution in [3.05, 3.63) is 51.5 Å². The maximum Gasteiger partial charge on any atom is 0.191 e. The summed E-state index contributed by atoms with van der Waals surface area (Å²) < 4.78 is 0. The van der Waals surface area contributed by atoms with E-state index >= 15 is 0 Å². The van der Waals surface area contributed by atoms with Crippen molar-refractivity contribution in [3.8, 4) is 0 Å². The summed E-state index contributed by atoms with van der Waals surface area (Å²) >= 11 is 1.70. The van der Waals surface area contributed by atoms with Gasteiger partial charge in [-0.2, -0.15) is 0 Å². The Morgan fingerprint density at radius 3 is 2.87 bits per heavy atom. The Morgan fingerprint density at radius 1 is 1.35 bits per heavy atom. The van der Waals surface area contributed by atoms with Crippen LogP contribution in [0.4, 0.5) is 0 Å². The zero-order valence-corrected chi connectivity index (χ0v) is 16.7. The van der Waals surface area contributed by atoms with Crippen molar-refractivity contribution in [2.75, 3.05) is 20.1 Å². The lowest BCUT2D eigenvalue weighted by Gasteiger charge is -2.30. The second-order valence-corrected chi connectivity index (χ2v) is 6.65. The number of guanidine groups is 1. The topological polar surface area (TPSA) is 49.3 Å². The fourth-order valence-electron chi connectivity index (χ4n) is 2.82. The molecule has 6 heteroatoms. The van der Waals surface area contributed by atoms with E-state index in [9.17, 15) is 0 Å². The van der Waals surface area contributed by atoms with E-state index in [-0.39, 0.29) is 24.0 Å². The van der Waals surface area contributed by atoms with Crippen molar-refractivity contribution in [1.29, 1.82) is 0 Å². The average molecular weight is 442 g/mol. The van der Waals surface area contributed by atoms with Gasteiger partial charge in [-0.15, -0.1) is 35.3 Å². The molecule has 1 aliphatic carbocycles. The number of rotatable bonds is 5. The Bertz CT molecular complexity index is 668. The van der Waals surface area contributed by atoms with E-state index < -0.39 is 0 Å². The average Bonchev–Trinajstić information content (AvgIpc) is 2.92. The number of thiazole rings is 1. The maximum absolute atomic E-state index is 4.47. The minimum absolute atomic E-state index is 0. The molecule has 0 aliphatic heterocycles. The summed E-state index contributed by atoms with van der Waals surface area (Å²) in [6.45, 7) is 3.83. The van der Waals surface area contributed by atoms with Gasteiger partial charge in [-0.05, 0) is 24.5 Å². The van der Waals surface area contributed by atoms with Gasteiger partial charge in [0, 0.05) is 37.9 Å². The van der Waals surface area contributed by atoms with Gasteiger partial charge in [-0.25, -0.2) is 4.98 Å². The van der Waals surface area contributed by atoms with E-state index in [1.807, 2.05) is 14.0 Å². The molecule has 0 fully saturated rings. The van der Waals surface area contributed by atoms with Crippen LogP contribution >= 0.6 is 35.3 Å². The highest BCUT2D eigenvalue weighted by Crippen LogP contribution is 2.33. The normalized spacial score (nSPS) is 16.1. The molecule has 3 rings (SSSR count). The monoisotopic (exact) mass is 442 g/mol. The molecule has 2 aromatic rings. The van der Waals surface area contributed by atoms with Crippen LogP contribution < -0.4 is 10.6 Å². The standard InChI is InChI=1S/C17H22N4S.HI/c1-12-21-15(11-22-12)7-8-19-17(18-2)20-10-14-9-13-5-3-4-6-16(13)14;/h3-6,11,14H,7-10H2,1-2H3,(H2,18,19,20);1H. The van der Waals surface area contributed by atoms with Crippen LogP contribution in [0.25, 0.3) is 0 Å². The minimum atomic E-state index is 0. The van der Waals surface area contributed by atoms with Gasteiger partial charge in [0.1, 0.15) is 0 Å². The highest BCUT2D eigenvalue weighted by atomic mass is 127. The van der Waals surface area contributed by atoms with E-state index in [1.165, 1.54) is 11.1 Å². The summed E-state index contributed by atoms with van der Waals surface area (Å²) in [6, 6.07) is 8.68. The molecule has 1 aliphatic rings. The lowest BCUT2D eigenvalue weighted by molar-refractivity contribution is 0.584. The summed E-state index contributed by atoms with van der Waals surface area (Å²) in [7, 11) is 1.82. The Labute approximate surface area is 158 Å². The van der Waals surface area contributed by atoms with Crippen LogP contribution in [0.3, 0.4) is 0 Å². The fraction of sp³-hybridized carbons (Fsp3) is 0.412. The molecule has 2 N–H and O–H groups in total. The van der Waals surface area contributed by atoms with Gasteiger partial charge in [0.05, 0.1) is 10.7 Å². The maximum atomic E-state index is 4.47. The van der Waals surface area contributed by atoms with E-state index in [2.05, 4.69) is 50.3 Å². The summed E-state index contributed by atoms with van der Waals surface area (Å²) in [5.41, 5.74) is 4.11. The van der Waals surface area contributed by atoms with Crippen LogP contribution in [-0.4, -0.2) is 31.1 Å². The zero-order valence-electron chi connectivity index (χ0n) is 13.5. The predicted molar refractivity (Wildman–Crippen MR) is 108 cm³/mol. The molecule has 1 heterocycles. The molecule has 1 unspecified atom stereocenters. The third-order valence-electron chi connectivity index (χ3n) is 4.04. The number of nitrogens with one attached hydrogen (secondary N) is 2. The Kier molecular flexibility index (Phi) is 6.83. The summed E-state index contributed by atoms with van der Waals surface area (Å²) in [5.74, 6) is 1.48. The Morgan fingerprint density at radius 2 is 2.17 bits per heavy atom. The highest BCUT2D eigenvalue weighted by Gasteiger charge is 2.25. The van der Waals surface area contributed by atoms with Crippen molar-refractivity contribution < 1.29 is 0 Å². The third kappa shape index (κ3) is 4.67. The molecular formula is C17H23IN4S. The fourth-order valence-corrected chi connectivity index (χ4v) is 3.46. The quantitative estimate of drug-likeness (QED) is 0.425. The van der Waals surface area contributed by atoms with E-state index in [0.717, 1.165) is 42.6 Å². The molecule has 0 spiro atoms. The van der Waals surface area contributed by atoms with Crippen molar-refractivity contribution >= 4 is 41.3 Å². The number of nitrogens with zero attached hydrogens (tertiary/aromatic N) is 2. The summed E-state index contributed by atoms with van der Waals surface area (Å²) in [4.78, 5) is 8.76. The molecule has 1 aromatic carbocycles. The first-order valence-electron chi connectivity index (χ1n) is 7.69. The lowest BCUT2D eigenvalue weighted by Crippen LogP contribution is -2.41. The first kappa shape index (κ1) is 18.2. The number of hydrogen-bond acceptors (Lipinski definition) is 3. The first-order valence-corrected chi connectivity index (χ1v) is 8.57. The van der Waals surface area contributed by atoms with Crippen LogP contribution in [-0.2, 0) is 12.8 Å². The molecule has 1 atom stereocenters. The number of aryl methyl sites for hydroxylation is 1. The molecule has 0 saturated carbocycles. The molecule has 1 aromatic heterocycles. The van der Waals surface area contributed by atoms with Gasteiger partial charge in [0.2, 0.25) is 0 Å².